The summed E-state index contributed by atoms with van der Waals surface area (Å²) in [5, 5.41) is 4.59. The van der Waals surface area contributed by atoms with Crippen molar-refractivity contribution in [1.82, 2.24) is 5.32 Å². The fourth-order valence-electron chi connectivity index (χ4n) is 3.08. The molecule has 1 aliphatic rings. The predicted molar refractivity (Wildman–Crippen MR) is 79.0 cm³/mol. The van der Waals surface area contributed by atoms with Crippen LogP contribution < -0.4 is 5.32 Å². The van der Waals surface area contributed by atoms with Gasteiger partial charge in [-0.15, -0.1) is 0 Å². The summed E-state index contributed by atoms with van der Waals surface area (Å²) in [6.45, 7) is 4.53. The van der Waals surface area contributed by atoms with E-state index in [-0.39, 0.29) is 0 Å². The van der Waals surface area contributed by atoms with Gasteiger partial charge in [0.25, 0.3) is 0 Å². The third-order valence-electron chi connectivity index (χ3n) is 4.24. The maximum Gasteiger partial charge on any atom is 0.0453 e. The Kier molecular flexibility index (Phi) is 5.08. The first kappa shape index (κ1) is 13.9. The molecule has 0 saturated heterocycles. The molecule has 1 aliphatic carbocycles. The summed E-state index contributed by atoms with van der Waals surface area (Å²) in [6.07, 6.45) is 6.98. The van der Waals surface area contributed by atoms with Gasteiger partial charge in [0, 0.05) is 17.1 Å². The lowest BCUT2D eigenvalue weighted by molar-refractivity contribution is 0.268. The predicted octanol–water partition coefficient (Wildman–Crippen LogP) is 4.96. The summed E-state index contributed by atoms with van der Waals surface area (Å²) in [5.41, 5.74) is 1.21. The van der Waals surface area contributed by atoms with Crippen LogP contribution in [0.4, 0.5) is 0 Å². The van der Waals surface area contributed by atoms with Crippen LogP contribution >= 0.6 is 11.6 Å². The van der Waals surface area contributed by atoms with E-state index in [9.17, 15) is 0 Å². The van der Waals surface area contributed by atoms with Gasteiger partial charge in [-0.25, -0.2) is 0 Å². The van der Waals surface area contributed by atoms with Crippen molar-refractivity contribution in [2.75, 3.05) is 0 Å². The monoisotopic (exact) mass is 265 g/mol. The van der Waals surface area contributed by atoms with Crippen molar-refractivity contribution in [2.45, 2.75) is 58.0 Å². The minimum Gasteiger partial charge on any atom is -0.307 e. The SMILES string of the molecule is CC(N[C@@H](C)c1ccccc1Cl)C1CCCCC1. The molecular formula is C16H24ClN. The van der Waals surface area contributed by atoms with Crippen LogP contribution in [0.3, 0.4) is 0 Å². The fourth-order valence-corrected chi connectivity index (χ4v) is 3.38. The van der Waals surface area contributed by atoms with Crippen molar-refractivity contribution in [2.24, 2.45) is 5.92 Å². The molecule has 0 aromatic heterocycles. The summed E-state index contributed by atoms with van der Waals surface area (Å²) in [4.78, 5) is 0. The molecule has 0 spiro atoms. The number of benzene rings is 1. The molecule has 0 radical (unpaired) electrons. The Labute approximate surface area is 116 Å². The summed E-state index contributed by atoms with van der Waals surface area (Å²) >= 11 is 6.25. The number of rotatable bonds is 4. The third-order valence-corrected chi connectivity index (χ3v) is 4.59. The second-order valence-electron chi connectivity index (χ2n) is 5.60. The molecule has 1 N–H and O–H groups in total. The van der Waals surface area contributed by atoms with E-state index in [0.717, 1.165) is 10.9 Å². The highest BCUT2D eigenvalue weighted by molar-refractivity contribution is 6.31. The van der Waals surface area contributed by atoms with Gasteiger partial charge in [-0.2, -0.15) is 0 Å². The van der Waals surface area contributed by atoms with Crippen LogP contribution in [0, 0.1) is 5.92 Å². The van der Waals surface area contributed by atoms with Gasteiger partial charge in [0.15, 0.2) is 0 Å². The highest BCUT2D eigenvalue weighted by Crippen LogP contribution is 2.29. The zero-order valence-corrected chi connectivity index (χ0v) is 12.2. The molecule has 0 heterocycles. The zero-order valence-electron chi connectivity index (χ0n) is 11.5. The maximum absolute atomic E-state index is 6.25. The second kappa shape index (κ2) is 6.58. The molecule has 1 aromatic rings. The molecule has 100 valence electrons. The summed E-state index contributed by atoms with van der Waals surface area (Å²) < 4.78 is 0. The molecule has 0 amide bonds. The van der Waals surface area contributed by atoms with E-state index in [1.165, 1.54) is 37.7 Å². The van der Waals surface area contributed by atoms with Crippen molar-refractivity contribution in [1.29, 1.82) is 0 Å². The van der Waals surface area contributed by atoms with Crippen molar-refractivity contribution in [3.63, 3.8) is 0 Å². The molecule has 2 atom stereocenters. The maximum atomic E-state index is 6.25. The van der Waals surface area contributed by atoms with Crippen LogP contribution in [0.5, 0.6) is 0 Å². The number of hydrogen-bond acceptors (Lipinski definition) is 1. The normalized spacial score (nSPS) is 20.6. The molecule has 1 nitrogen and oxygen atoms in total. The van der Waals surface area contributed by atoms with Gasteiger partial charge in [0.1, 0.15) is 0 Å². The van der Waals surface area contributed by atoms with Crippen LogP contribution in [0.1, 0.15) is 57.6 Å². The molecule has 2 heteroatoms. The van der Waals surface area contributed by atoms with Crippen molar-refractivity contribution in [3.05, 3.63) is 34.9 Å². The van der Waals surface area contributed by atoms with E-state index < -0.39 is 0 Å². The van der Waals surface area contributed by atoms with Crippen molar-refractivity contribution < 1.29 is 0 Å². The van der Waals surface area contributed by atoms with Gasteiger partial charge in [0.05, 0.1) is 0 Å². The lowest BCUT2D eigenvalue weighted by Gasteiger charge is -2.31. The standard InChI is InChI=1S/C16H24ClN/c1-12(14-8-4-3-5-9-14)18-13(2)15-10-6-7-11-16(15)17/h6-7,10-14,18H,3-5,8-9H2,1-2H3/t12?,13-/m0/s1. The largest absolute Gasteiger partial charge is 0.307 e. The third kappa shape index (κ3) is 3.49. The van der Waals surface area contributed by atoms with Crippen LogP contribution in [0.2, 0.25) is 5.02 Å². The van der Waals surface area contributed by atoms with Crippen molar-refractivity contribution >= 4 is 11.6 Å². The molecule has 1 saturated carbocycles. The van der Waals surface area contributed by atoms with Gasteiger partial charge < -0.3 is 5.32 Å². The van der Waals surface area contributed by atoms with E-state index in [4.69, 9.17) is 11.6 Å². The van der Waals surface area contributed by atoms with Crippen LogP contribution in [-0.4, -0.2) is 6.04 Å². The van der Waals surface area contributed by atoms with Crippen LogP contribution in [-0.2, 0) is 0 Å². The minimum atomic E-state index is 0.329. The molecule has 18 heavy (non-hydrogen) atoms. The number of halogens is 1. The number of hydrogen-bond donors (Lipinski definition) is 1. The smallest absolute Gasteiger partial charge is 0.0453 e. The van der Waals surface area contributed by atoms with E-state index in [0.29, 0.717) is 12.1 Å². The molecule has 0 bridgehead atoms. The van der Waals surface area contributed by atoms with Gasteiger partial charge in [-0.3, -0.25) is 0 Å². The van der Waals surface area contributed by atoms with E-state index in [1.807, 2.05) is 12.1 Å². The van der Waals surface area contributed by atoms with Crippen LogP contribution in [0.25, 0.3) is 0 Å². The van der Waals surface area contributed by atoms with E-state index in [1.54, 1.807) is 0 Å². The second-order valence-corrected chi connectivity index (χ2v) is 6.00. The van der Waals surface area contributed by atoms with E-state index in [2.05, 4.69) is 31.3 Å². The minimum absolute atomic E-state index is 0.329. The Hall–Kier alpha value is -0.530. The Morgan fingerprint density at radius 1 is 1.11 bits per heavy atom. The lowest BCUT2D eigenvalue weighted by Crippen LogP contribution is -2.36. The lowest BCUT2D eigenvalue weighted by atomic mass is 9.84. The molecule has 1 fully saturated rings. The summed E-state index contributed by atoms with van der Waals surface area (Å²) in [6, 6.07) is 9.05. The quantitative estimate of drug-likeness (QED) is 0.811. The average molecular weight is 266 g/mol. The number of nitrogens with one attached hydrogen (secondary N) is 1. The highest BCUT2D eigenvalue weighted by Gasteiger charge is 2.21. The summed E-state index contributed by atoms with van der Waals surface area (Å²) in [5.74, 6) is 0.837. The fraction of sp³-hybridized carbons (Fsp3) is 0.625. The Bertz CT molecular complexity index is 371. The van der Waals surface area contributed by atoms with Crippen molar-refractivity contribution in [3.8, 4) is 0 Å². The van der Waals surface area contributed by atoms with Gasteiger partial charge >= 0.3 is 0 Å². The first-order chi connectivity index (χ1) is 8.68. The zero-order chi connectivity index (χ0) is 13.0. The molecule has 1 unspecified atom stereocenters. The van der Waals surface area contributed by atoms with Gasteiger partial charge in [-0.05, 0) is 44.2 Å². The highest BCUT2D eigenvalue weighted by atomic mass is 35.5. The topological polar surface area (TPSA) is 12.0 Å². The van der Waals surface area contributed by atoms with E-state index >= 15 is 0 Å². The Morgan fingerprint density at radius 3 is 2.44 bits per heavy atom. The Balaban J connectivity index is 1.94. The molecule has 0 aliphatic heterocycles. The molecule has 1 aromatic carbocycles. The first-order valence-electron chi connectivity index (χ1n) is 7.19. The van der Waals surface area contributed by atoms with Gasteiger partial charge in [0.2, 0.25) is 0 Å². The Morgan fingerprint density at radius 2 is 1.78 bits per heavy atom. The summed E-state index contributed by atoms with van der Waals surface area (Å²) in [7, 11) is 0. The average Bonchev–Trinajstić information content (AvgIpc) is 2.40. The van der Waals surface area contributed by atoms with Crippen LogP contribution in [0.15, 0.2) is 24.3 Å². The molecular weight excluding hydrogens is 242 g/mol. The molecule has 2 rings (SSSR count). The first-order valence-corrected chi connectivity index (χ1v) is 7.56. The van der Waals surface area contributed by atoms with Gasteiger partial charge in [-0.1, -0.05) is 49.1 Å².